The van der Waals surface area contributed by atoms with Gasteiger partial charge in [-0.05, 0) is 83.7 Å². The van der Waals surface area contributed by atoms with E-state index in [0.717, 1.165) is 5.56 Å². The second kappa shape index (κ2) is 10.6. The number of hydrogen-bond acceptors (Lipinski definition) is 5. The fraction of sp³-hybridized carbons (Fsp3) is 0.250. The first kappa shape index (κ1) is 24.8. The van der Waals surface area contributed by atoms with E-state index in [1.54, 1.807) is 42.6 Å². The van der Waals surface area contributed by atoms with Gasteiger partial charge in [0.2, 0.25) is 21.8 Å². The van der Waals surface area contributed by atoms with Crippen molar-refractivity contribution in [2.75, 3.05) is 18.4 Å². The number of nitrogens with zero attached hydrogens (tertiary/aromatic N) is 2. The molecule has 1 aliphatic rings. The standard InChI is InChI=1S/C24H23Br2N3O4S/c1-16-14-19(33-23-4-2-3-11-27-23)6-8-21(16)28-24(30)17-9-12-29(13-10-17)34(31,32)22-15-18(25)5-7-20(22)26/h2-8,11,14-15,17H,9-10,12-13H2,1H3,(H,28,30). The number of piperidine rings is 1. The molecule has 0 saturated carbocycles. The molecule has 7 nitrogen and oxygen atoms in total. The van der Waals surface area contributed by atoms with Gasteiger partial charge in [0.1, 0.15) is 5.75 Å². The highest BCUT2D eigenvalue weighted by atomic mass is 79.9. The molecule has 34 heavy (non-hydrogen) atoms. The van der Waals surface area contributed by atoms with Crippen molar-refractivity contribution in [2.24, 2.45) is 5.92 Å². The van der Waals surface area contributed by atoms with Crippen LogP contribution in [0.1, 0.15) is 18.4 Å². The van der Waals surface area contributed by atoms with Crippen LogP contribution in [0, 0.1) is 12.8 Å². The topological polar surface area (TPSA) is 88.6 Å². The number of amides is 1. The Hall–Kier alpha value is -2.27. The van der Waals surface area contributed by atoms with Gasteiger partial charge in [0.15, 0.2) is 0 Å². The van der Waals surface area contributed by atoms with Crippen molar-refractivity contribution in [1.29, 1.82) is 0 Å². The molecule has 1 fully saturated rings. The molecule has 0 spiro atoms. The fourth-order valence-corrected chi connectivity index (χ4v) is 6.71. The first-order valence-corrected chi connectivity index (χ1v) is 13.7. The minimum absolute atomic E-state index is 0.109. The number of sulfonamides is 1. The fourth-order valence-electron chi connectivity index (χ4n) is 3.78. The van der Waals surface area contributed by atoms with Gasteiger partial charge in [0.25, 0.3) is 0 Å². The molecule has 4 rings (SSSR count). The van der Waals surface area contributed by atoms with Gasteiger partial charge in [0, 0.05) is 45.9 Å². The number of anilines is 1. The molecular formula is C24H23Br2N3O4S. The van der Waals surface area contributed by atoms with Crippen molar-refractivity contribution in [2.45, 2.75) is 24.7 Å². The summed E-state index contributed by atoms with van der Waals surface area (Å²) in [5.41, 5.74) is 1.56. The van der Waals surface area contributed by atoms with E-state index in [1.165, 1.54) is 4.31 Å². The maximum Gasteiger partial charge on any atom is 0.244 e. The van der Waals surface area contributed by atoms with Crippen LogP contribution in [0.3, 0.4) is 0 Å². The zero-order chi connectivity index (χ0) is 24.3. The van der Waals surface area contributed by atoms with Crippen LogP contribution in [0.4, 0.5) is 5.69 Å². The highest BCUT2D eigenvalue weighted by Crippen LogP contribution is 2.31. The lowest BCUT2D eigenvalue weighted by Crippen LogP contribution is -2.41. The molecule has 2 heterocycles. The van der Waals surface area contributed by atoms with Gasteiger partial charge in [-0.25, -0.2) is 13.4 Å². The van der Waals surface area contributed by atoms with Gasteiger partial charge in [-0.3, -0.25) is 4.79 Å². The van der Waals surface area contributed by atoms with E-state index < -0.39 is 10.0 Å². The molecule has 1 saturated heterocycles. The average molecular weight is 609 g/mol. The molecule has 1 N–H and O–H groups in total. The van der Waals surface area contributed by atoms with Crippen molar-refractivity contribution in [3.05, 3.63) is 75.3 Å². The van der Waals surface area contributed by atoms with Crippen LogP contribution in [0.2, 0.25) is 0 Å². The summed E-state index contributed by atoms with van der Waals surface area (Å²) in [6, 6.07) is 15.9. The molecule has 178 valence electrons. The minimum atomic E-state index is -3.65. The summed E-state index contributed by atoms with van der Waals surface area (Å²) >= 11 is 6.66. The zero-order valence-electron chi connectivity index (χ0n) is 18.4. The summed E-state index contributed by atoms with van der Waals surface area (Å²) < 4.78 is 34.6. The SMILES string of the molecule is Cc1cc(Oc2ccccn2)ccc1NC(=O)C1CCN(S(=O)(=O)c2cc(Br)ccc2Br)CC1. The molecule has 0 aliphatic carbocycles. The van der Waals surface area contributed by atoms with Gasteiger partial charge in [0.05, 0.1) is 4.90 Å². The Morgan fingerprint density at radius 1 is 1.09 bits per heavy atom. The quantitative estimate of drug-likeness (QED) is 0.385. The lowest BCUT2D eigenvalue weighted by Gasteiger charge is -2.31. The molecule has 0 atom stereocenters. The number of ether oxygens (including phenoxy) is 1. The van der Waals surface area contributed by atoms with Crippen LogP contribution < -0.4 is 10.1 Å². The number of aryl methyl sites for hydroxylation is 1. The number of carbonyl (C=O) groups excluding carboxylic acids is 1. The van der Waals surface area contributed by atoms with Gasteiger partial charge >= 0.3 is 0 Å². The van der Waals surface area contributed by atoms with Gasteiger partial charge in [-0.2, -0.15) is 4.31 Å². The monoisotopic (exact) mass is 607 g/mol. The van der Waals surface area contributed by atoms with Crippen molar-refractivity contribution < 1.29 is 17.9 Å². The first-order valence-electron chi connectivity index (χ1n) is 10.7. The second-order valence-corrected chi connectivity index (χ2v) is 11.7. The Labute approximate surface area is 215 Å². The summed E-state index contributed by atoms with van der Waals surface area (Å²) in [6.07, 6.45) is 2.57. The molecule has 3 aromatic rings. The first-order chi connectivity index (χ1) is 16.2. The van der Waals surface area contributed by atoms with Crippen LogP contribution >= 0.6 is 31.9 Å². The third kappa shape index (κ3) is 5.68. The van der Waals surface area contributed by atoms with Gasteiger partial charge < -0.3 is 10.1 Å². The normalized spacial score (nSPS) is 15.1. The maximum atomic E-state index is 13.1. The number of hydrogen-bond donors (Lipinski definition) is 1. The number of benzene rings is 2. The lowest BCUT2D eigenvalue weighted by atomic mass is 9.97. The summed E-state index contributed by atoms with van der Waals surface area (Å²) in [4.78, 5) is 17.2. The number of pyridine rings is 1. The van der Waals surface area contributed by atoms with Crippen LogP contribution in [-0.2, 0) is 14.8 Å². The van der Waals surface area contributed by atoms with Crippen molar-refractivity contribution in [3.63, 3.8) is 0 Å². The minimum Gasteiger partial charge on any atom is -0.439 e. The van der Waals surface area contributed by atoms with Crippen LogP contribution in [0.25, 0.3) is 0 Å². The Kier molecular flexibility index (Phi) is 7.71. The third-order valence-corrected chi connectivity index (χ3v) is 9.04. The molecule has 10 heteroatoms. The highest BCUT2D eigenvalue weighted by molar-refractivity contribution is 9.11. The Balaban J connectivity index is 1.37. The predicted molar refractivity (Wildman–Crippen MR) is 137 cm³/mol. The van der Waals surface area contributed by atoms with E-state index in [-0.39, 0.29) is 29.8 Å². The summed E-state index contributed by atoms with van der Waals surface area (Å²) in [5, 5.41) is 2.98. The lowest BCUT2D eigenvalue weighted by molar-refractivity contribution is -0.120. The smallest absolute Gasteiger partial charge is 0.244 e. The summed E-state index contributed by atoms with van der Waals surface area (Å²) in [7, 11) is -3.65. The number of rotatable bonds is 6. The molecule has 1 aliphatic heterocycles. The van der Waals surface area contributed by atoms with Crippen molar-refractivity contribution >= 4 is 53.5 Å². The van der Waals surface area contributed by atoms with E-state index in [0.29, 0.717) is 39.1 Å². The average Bonchev–Trinajstić information content (AvgIpc) is 2.83. The Bertz CT molecular complexity index is 1290. The molecule has 1 amide bonds. The largest absolute Gasteiger partial charge is 0.439 e. The van der Waals surface area contributed by atoms with Crippen molar-refractivity contribution in [1.82, 2.24) is 9.29 Å². The maximum absolute atomic E-state index is 13.1. The zero-order valence-corrected chi connectivity index (χ0v) is 22.4. The molecule has 0 radical (unpaired) electrons. The Morgan fingerprint density at radius 3 is 2.53 bits per heavy atom. The summed E-state index contributed by atoms with van der Waals surface area (Å²) in [5.74, 6) is 0.755. The number of nitrogens with one attached hydrogen (secondary N) is 1. The van der Waals surface area contributed by atoms with E-state index in [9.17, 15) is 13.2 Å². The third-order valence-electron chi connectivity index (χ3n) is 5.65. The van der Waals surface area contributed by atoms with Crippen LogP contribution in [0.5, 0.6) is 11.6 Å². The predicted octanol–water partition coefficient (Wildman–Crippen LogP) is 5.75. The van der Waals surface area contributed by atoms with Crippen LogP contribution in [-0.4, -0.2) is 36.7 Å². The highest BCUT2D eigenvalue weighted by Gasteiger charge is 2.33. The Morgan fingerprint density at radius 2 is 1.85 bits per heavy atom. The van der Waals surface area contributed by atoms with E-state index in [4.69, 9.17) is 4.74 Å². The summed E-state index contributed by atoms with van der Waals surface area (Å²) in [6.45, 7) is 2.47. The van der Waals surface area contributed by atoms with Gasteiger partial charge in [-0.1, -0.05) is 22.0 Å². The number of halogens is 2. The number of aromatic nitrogens is 1. The number of carbonyl (C=O) groups is 1. The van der Waals surface area contributed by atoms with E-state index in [2.05, 4.69) is 42.2 Å². The molecule has 0 bridgehead atoms. The second-order valence-electron chi connectivity index (χ2n) is 7.99. The molecule has 1 aromatic heterocycles. The van der Waals surface area contributed by atoms with E-state index in [1.807, 2.05) is 25.1 Å². The van der Waals surface area contributed by atoms with Crippen molar-refractivity contribution in [3.8, 4) is 11.6 Å². The molecular weight excluding hydrogens is 586 g/mol. The van der Waals surface area contributed by atoms with E-state index >= 15 is 0 Å². The van der Waals surface area contributed by atoms with Crippen LogP contribution in [0.15, 0.2) is 74.6 Å². The molecule has 2 aromatic carbocycles. The van der Waals surface area contributed by atoms with Gasteiger partial charge in [-0.15, -0.1) is 0 Å². The molecule has 0 unspecified atom stereocenters.